The molecular weight excluding hydrogens is 340 g/mol. The Labute approximate surface area is 163 Å². The van der Waals surface area contributed by atoms with Crippen molar-refractivity contribution < 1.29 is 19.1 Å². The van der Waals surface area contributed by atoms with Gasteiger partial charge in [-0.15, -0.1) is 0 Å². The average molecular weight is 377 g/mol. The van der Waals surface area contributed by atoms with E-state index in [0.29, 0.717) is 17.3 Å². The molecule has 4 aliphatic carbocycles. The van der Waals surface area contributed by atoms with E-state index in [1.807, 2.05) is 0 Å². The van der Waals surface area contributed by atoms with Crippen molar-refractivity contribution in [3.05, 3.63) is 0 Å². The van der Waals surface area contributed by atoms with Crippen LogP contribution in [0.4, 0.5) is 0 Å². The summed E-state index contributed by atoms with van der Waals surface area (Å²) < 4.78 is 10.7. The van der Waals surface area contributed by atoms with Gasteiger partial charge in [0.15, 0.2) is 0 Å². The number of ether oxygens (including phenoxy) is 2. The highest BCUT2D eigenvalue weighted by molar-refractivity contribution is 5.73. The van der Waals surface area contributed by atoms with Gasteiger partial charge in [0.1, 0.15) is 6.10 Å². The van der Waals surface area contributed by atoms with Crippen LogP contribution in [0.2, 0.25) is 0 Å². The number of fused-ring (bicyclic) bond motifs is 5. The normalized spacial score (nSPS) is 48.7. The van der Waals surface area contributed by atoms with Gasteiger partial charge in [0.2, 0.25) is 0 Å². The van der Waals surface area contributed by atoms with Crippen molar-refractivity contribution in [1.82, 2.24) is 0 Å². The van der Waals surface area contributed by atoms with Gasteiger partial charge in [-0.25, -0.2) is 0 Å². The first-order valence-corrected chi connectivity index (χ1v) is 11.0. The van der Waals surface area contributed by atoms with E-state index in [2.05, 4.69) is 13.8 Å². The predicted molar refractivity (Wildman–Crippen MR) is 103 cm³/mol. The molecule has 0 amide bonds. The van der Waals surface area contributed by atoms with Gasteiger partial charge in [0, 0.05) is 6.92 Å². The third-order valence-electron chi connectivity index (χ3n) is 9.44. The summed E-state index contributed by atoms with van der Waals surface area (Å²) in [4.78, 5) is 23.8. The van der Waals surface area contributed by atoms with Gasteiger partial charge in [0.05, 0.1) is 13.0 Å². The summed E-state index contributed by atoms with van der Waals surface area (Å²) in [5.74, 6) is 2.85. The van der Waals surface area contributed by atoms with E-state index in [-0.39, 0.29) is 29.4 Å². The molecule has 0 radical (unpaired) electrons. The van der Waals surface area contributed by atoms with E-state index in [4.69, 9.17) is 9.47 Å². The largest absolute Gasteiger partial charge is 0.469 e. The fourth-order valence-corrected chi connectivity index (χ4v) is 8.09. The average Bonchev–Trinajstić information content (AvgIpc) is 2.98. The Kier molecular flexibility index (Phi) is 4.83. The number of methoxy groups -OCH3 is 1. The van der Waals surface area contributed by atoms with Gasteiger partial charge in [-0.05, 0) is 92.3 Å². The lowest BCUT2D eigenvalue weighted by atomic mass is 9.44. The zero-order valence-electron chi connectivity index (χ0n) is 17.5. The minimum absolute atomic E-state index is 0.0141. The molecule has 8 atom stereocenters. The molecule has 0 aliphatic heterocycles. The molecule has 152 valence electrons. The maximum atomic E-state index is 12.4. The van der Waals surface area contributed by atoms with Crippen LogP contribution in [0.5, 0.6) is 0 Å². The number of rotatable bonds is 2. The van der Waals surface area contributed by atoms with Crippen molar-refractivity contribution in [2.24, 2.45) is 40.4 Å². The van der Waals surface area contributed by atoms with Crippen molar-refractivity contribution in [2.75, 3.05) is 7.11 Å². The SMILES string of the molecule is COC(=O)[C@@H]1CC[C@@H]2[C@@H]3CC[C@H]4C[C@H](OC(C)=O)CC[C@]4(C)[C@@H]3CC[C@]21C. The second kappa shape index (κ2) is 6.77. The lowest BCUT2D eigenvalue weighted by molar-refractivity contribution is -0.164. The second-order valence-electron chi connectivity index (χ2n) is 10.4. The third kappa shape index (κ3) is 2.93. The first-order chi connectivity index (χ1) is 12.8. The molecule has 4 nitrogen and oxygen atoms in total. The van der Waals surface area contributed by atoms with E-state index in [1.54, 1.807) is 7.11 Å². The van der Waals surface area contributed by atoms with E-state index in [9.17, 15) is 9.59 Å². The van der Waals surface area contributed by atoms with E-state index >= 15 is 0 Å². The number of esters is 2. The number of carbonyl (C=O) groups excluding carboxylic acids is 2. The molecule has 0 saturated heterocycles. The van der Waals surface area contributed by atoms with Crippen LogP contribution < -0.4 is 0 Å². The maximum absolute atomic E-state index is 12.4. The lowest BCUT2D eigenvalue weighted by Gasteiger charge is -2.60. The lowest BCUT2D eigenvalue weighted by Crippen LogP contribution is -2.54. The highest BCUT2D eigenvalue weighted by Crippen LogP contribution is 2.67. The summed E-state index contributed by atoms with van der Waals surface area (Å²) in [7, 11) is 1.54. The summed E-state index contributed by atoms with van der Waals surface area (Å²) in [6.45, 7) is 6.42. The number of carbonyl (C=O) groups is 2. The number of hydrogen-bond donors (Lipinski definition) is 0. The maximum Gasteiger partial charge on any atom is 0.309 e. The topological polar surface area (TPSA) is 52.6 Å². The molecule has 0 aromatic carbocycles. The standard InChI is InChI=1S/C23H36O4/c1-14(24)27-16-9-11-22(2)15(13-16)5-6-17-18-7-8-20(21(25)26-4)23(18,3)12-10-19(17)22/h15-20H,5-13H2,1-4H3/t15-,16+,17-,18+,19+,20-,22-,23+/m0/s1. The molecule has 4 rings (SSSR count). The first kappa shape index (κ1) is 19.3. The minimum Gasteiger partial charge on any atom is -0.469 e. The van der Waals surface area contributed by atoms with Gasteiger partial charge < -0.3 is 9.47 Å². The van der Waals surface area contributed by atoms with Gasteiger partial charge >= 0.3 is 11.9 Å². The molecule has 4 aliphatic rings. The molecule has 0 N–H and O–H groups in total. The Hall–Kier alpha value is -1.06. The quantitative estimate of drug-likeness (QED) is 0.653. The Balaban J connectivity index is 1.53. The summed E-state index contributed by atoms with van der Waals surface area (Å²) in [6.07, 6.45) is 10.5. The van der Waals surface area contributed by atoms with Crippen LogP contribution in [0, 0.1) is 40.4 Å². The van der Waals surface area contributed by atoms with Crippen LogP contribution in [0.3, 0.4) is 0 Å². The summed E-state index contributed by atoms with van der Waals surface area (Å²) in [5, 5.41) is 0. The van der Waals surface area contributed by atoms with Crippen LogP contribution >= 0.6 is 0 Å². The van der Waals surface area contributed by atoms with Gasteiger partial charge in [-0.3, -0.25) is 9.59 Å². The van der Waals surface area contributed by atoms with Crippen molar-refractivity contribution in [2.45, 2.75) is 84.7 Å². The van der Waals surface area contributed by atoms with Crippen LogP contribution in [-0.2, 0) is 19.1 Å². The van der Waals surface area contributed by atoms with E-state index in [1.165, 1.54) is 39.0 Å². The van der Waals surface area contributed by atoms with Gasteiger partial charge in [-0.1, -0.05) is 13.8 Å². The smallest absolute Gasteiger partial charge is 0.309 e. The molecule has 4 heteroatoms. The molecule has 0 bridgehead atoms. The summed E-state index contributed by atoms with van der Waals surface area (Å²) >= 11 is 0. The molecule has 27 heavy (non-hydrogen) atoms. The molecule has 0 unspecified atom stereocenters. The monoisotopic (exact) mass is 376 g/mol. The highest BCUT2D eigenvalue weighted by atomic mass is 16.5. The van der Waals surface area contributed by atoms with Crippen LogP contribution in [0.15, 0.2) is 0 Å². The molecule has 0 spiro atoms. The molecule has 0 heterocycles. The van der Waals surface area contributed by atoms with Crippen LogP contribution in [0.25, 0.3) is 0 Å². The van der Waals surface area contributed by atoms with Crippen molar-refractivity contribution in [1.29, 1.82) is 0 Å². The molecule has 4 fully saturated rings. The predicted octanol–water partition coefficient (Wildman–Crippen LogP) is 4.75. The van der Waals surface area contributed by atoms with E-state index < -0.39 is 0 Å². The molecular formula is C23H36O4. The zero-order valence-corrected chi connectivity index (χ0v) is 17.5. The zero-order chi connectivity index (χ0) is 19.4. The van der Waals surface area contributed by atoms with Crippen molar-refractivity contribution in [3.8, 4) is 0 Å². The van der Waals surface area contributed by atoms with Crippen LogP contribution in [-0.4, -0.2) is 25.2 Å². The minimum atomic E-state index is -0.134. The Bertz CT molecular complexity index is 615. The molecule has 4 saturated carbocycles. The molecule has 0 aromatic heterocycles. The van der Waals surface area contributed by atoms with Crippen molar-refractivity contribution in [3.63, 3.8) is 0 Å². The van der Waals surface area contributed by atoms with Gasteiger partial charge in [-0.2, -0.15) is 0 Å². The fraction of sp³-hybridized carbons (Fsp3) is 0.913. The molecule has 0 aromatic rings. The van der Waals surface area contributed by atoms with Gasteiger partial charge in [0.25, 0.3) is 0 Å². The Morgan fingerprint density at radius 3 is 2.30 bits per heavy atom. The highest BCUT2D eigenvalue weighted by Gasteiger charge is 2.61. The Morgan fingerprint density at radius 2 is 1.59 bits per heavy atom. The summed E-state index contributed by atoms with van der Waals surface area (Å²) in [6, 6.07) is 0. The Morgan fingerprint density at radius 1 is 0.889 bits per heavy atom. The van der Waals surface area contributed by atoms with E-state index in [0.717, 1.165) is 37.5 Å². The fourth-order valence-electron chi connectivity index (χ4n) is 8.09. The first-order valence-electron chi connectivity index (χ1n) is 11.0. The summed E-state index contributed by atoms with van der Waals surface area (Å²) in [5.41, 5.74) is 0.511. The third-order valence-corrected chi connectivity index (χ3v) is 9.44. The van der Waals surface area contributed by atoms with Crippen molar-refractivity contribution >= 4 is 11.9 Å². The number of hydrogen-bond acceptors (Lipinski definition) is 4. The second-order valence-corrected chi connectivity index (χ2v) is 10.4. The van der Waals surface area contributed by atoms with Crippen LogP contribution in [0.1, 0.15) is 78.6 Å².